The molecule has 1 aromatic rings. The van der Waals surface area contributed by atoms with E-state index in [0.29, 0.717) is 6.92 Å². The number of carboxylic acid groups (broad SMARTS) is 1. The molecule has 1 unspecified atom stereocenters. The highest BCUT2D eigenvalue weighted by Crippen LogP contribution is 2.31. The molecule has 2 N–H and O–H groups in total. The molecule has 1 atom stereocenters. The zero-order chi connectivity index (χ0) is 15.7. The van der Waals surface area contributed by atoms with Gasteiger partial charge in [-0.2, -0.15) is 13.2 Å². The van der Waals surface area contributed by atoms with Crippen molar-refractivity contribution in [1.82, 2.24) is 10.5 Å². The van der Waals surface area contributed by atoms with Gasteiger partial charge < -0.3 is 14.9 Å². The molecule has 1 heterocycles. The summed E-state index contributed by atoms with van der Waals surface area (Å²) in [4.78, 5) is 22.7. The third-order valence-electron chi connectivity index (χ3n) is 2.85. The van der Waals surface area contributed by atoms with Crippen molar-refractivity contribution in [3.63, 3.8) is 0 Å². The van der Waals surface area contributed by atoms with Gasteiger partial charge in [-0.1, -0.05) is 12.1 Å². The molecule has 1 aromatic heterocycles. The number of carbonyl (C=O) groups is 2. The van der Waals surface area contributed by atoms with Crippen LogP contribution in [0.2, 0.25) is 0 Å². The first-order chi connectivity index (χ1) is 9.04. The number of carboxylic acids is 1. The third kappa shape index (κ3) is 2.61. The fourth-order valence-corrected chi connectivity index (χ4v) is 1.49. The fourth-order valence-electron chi connectivity index (χ4n) is 1.49. The molecule has 0 aromatic carbocycles. The van der Waals surface area contributed by atoms with Crippen molar-refractivity contribution in [2.75, 3.05) is 0 Å². The molecule has 0 aliphatic heterocycles. The van der Waals surface area contributed by atoms with Crippen molar-refractivity contribution in [2.24, 2.45) is 0 Å². The second kappa shape index (κ2) is 5.14. The van der Waals surface area contributed by atoms with E-state index in [1.54, 1.807) is 6.92 Å². The maximum absolute atomic E-state index is 12.8. The van der Waals surface area contributed by atoms with Gasteiger partial charge in [0.1, 0.15) is 11.3 Å². The van der Waals surface area contributed by atoms with E-state index < -0.39 is 23.6 Å². The Balaban J connectivity index is 3.16. The molecule has 1 rings (SSSR count). The van der Waals surface area contributed by atoms with Gasteiger partial charge in [-0.25, -0.2) is 4.79 Å². The highest BCUT2D eigenvalue weighted by atomic mass is 19.4. The van der Waals surface area contributed by atoms with Gasteiger partial charge in [0.05, 0.1) is 5.69 Å². The molecule has 1 amide bonds. The maximum atomic E-state index is 12.8. The van der Waals surface area contributed by atoms with E-state index >= 15 is 0 Å². The second-order valence-electron chi connectivity index (χ2n) is 4.30. The van der Waals surface area contributed by atoms with Crippen molar-refractivity contribution in [2.45, 2.75) is 38.9 Å². The summed E-state index contributed by atoms with van der Waals surface area (Å²) in [5.74, 6) is -3.37. The molecule has 0 aliphatic carbocycles. The molecule has 0 bridgehead atoms. The van der Waals surface area contributed by atoms with Gasteiger partial charge in [0.15, 0.2) is 0 Å². The van der Waals surface area contributed by atoms with Crippen molar-refractivity contribution in [3.8, 4) is 0 Å². The van der Waals surface area contributed by atoms with E-state index in [0.717, 1.165) is 0 Å². The molecule has 0 radical (unpaired) electrons. The van der Waals surface area contributed by atoms with Gasteiger partial charge in [-0.05, 0) is 20.3 Å². The lowest BCUT2D eigenvalue weighted by atomic mass is 10.0. The molecule has 0 fully saturated rings. The minimum Gasteiger partial charge on any atom is -0.479 e. The second-order valence-corrected chi connectivity index (χ2v) is 4.30. The number of amides is 1. The van der Waals surface area contributed by atoms with Gasteiger partial charge in [0.2, 0.25) is 5.54 Å². The molecule has 0 saturated heterocycles. The lowest BCUT2D eigenvalue weighted by molar-refractivity contribution is -0.203. The summed E-state index contributed by atoms with van der Waals surface area (Å²) in [5.41, 5.74) is -3.40. The van der Waals surface area contributed by atoms with Crippen LogP contribution in [0.4, 0.5) is 13.2 Å². The number of carbonyl (C=O) groups excluding carboxylic acids is 1. The van der Waals surface area contributed by atoms with E-state index in [-0.39, 0.29) is 23.4 Å². The molecule has 9 heteroatoms. The van der Waals surface area contributed by atoms with Gasteiger partial charge >= 0.3 is 12.1 Å². The number of nitrogens with zero attached hydrogens (tertiary/aromatic N) is 1. The first kappa shape index (κ1) is 16.0. The van der Waals surface area contributed by atoms with Crippen LogP contribution in [-0.4, -0.2) is 33.9 Å². The summed E-state index contributed by atoms with van der Waals surface area (Å²) in [5, 5.41) is 13.8. The number of aryl methyl sites for hydroxylation is 2. The Kier molecular flexibility index (Phi) is 4.11. The number of halogens is 3. The van der Waals surface area contributed by atoms with E-state index in [4.69, 9.17) is 9.63 Å². The van der Waals surface area contributed by atoms with E-state index in [2.05, 4.69) is 5.16 Å². The summed E-state index contributed by atoms with van der Waals surface area (Å²) in [6, 6.07) is 0. The van der Waals surface area contributed by atoms with Gasteiger partial charge in [0, 0.05) is 0 Å². The Hall–Kier alpha value is -2.06. The smallest absolute Gasteiger partial charge is 0.422 e. The Morgan fingerprint density at radius 1 is 1.40 bits per heavy atom. The zero-order valence-electron chi connectivity index (χ0n) is 11.0. The Labute approximate surface area is 111 Å². The Morgan fingerprint density at radius 2 is 1.95 bits per heavy atom. The van der Waals surface area contributed by atoms with Crippen LogP contribution in [0.3, 0.4) is 0 Å². The van der Waals surface area contributed by atoms with Gasteiger partial charge in [0.25, 0.3) is 5.91 Å². The maximum Gasteiger partial charge on any atom is 0.422 e. The van der Waals surface area contributed by atoms with Crippen LogP contribution in [-0.2, 0) is 11.2 Å². The summed E-state index contributed by atoms with van der Waals surface area (Å²) < 4.78 is 43.1. The fraction of sp³-hybridized carbons (Fsp3) is 0.545. The van der Waals surface area contributed by atoms with Crippen molar-refractivity contribution >= 4 is 11.9 Å². The monoisotopic (exact) mass is 294 g/mol. The SMILES string of the molecule is CCc1noc(C)c1C(=O)NC(C)(C(=O)O)C(F)(F)F. The number of aromatic nitrogens is 1. The highest BCUT2D eigenvalue weighted by molar-refractivity contribution is 5.99. The number of alkyl halides is 3. The molecular weight excluding hydrogens is 281 g/mol. The Bertz CT molecular complexity index is 538. The third-order valence-corrected chi connectivity index (χ3v) is 2.85. The summed E-state index contributed by atoms with van der Waals surface area (Å²) in [7, 11) is 0. The van der Waals surface area contributed by atoms with Crippen LogP contribution in [0.5, 0.6) is 0 Å². The van der Waals surface area contributed by atoms with Crippen molar-refractivity contribution in [3.05, 3.63) is 17.0 Å². The zero-order valence-corrected chi connectivity index (χ0v) is 11.0. The normalized spacial score (nSPS) is 14.7. The van der Waals surface area contributed by atoms with Crippen LogP contribution in [0, 0.1) is 6.92 Å². The Morgan fingerprint density at radius 3 is 2.35 bits per heavy atom. The highest BCUT2D eigenvalue weighted by Gasteiger charge is 2.58. The van der Waals surface area contributed by atoms with Crippen LogP contribution in [0.25, 0.3) is 0 Å². The standard InChI is InChI=1S/C11H13F3N2O4/c1-4-6-7(5(2)20-16-6)8(17)15-10(3,9(18)19)11(12,13)14/h4H2,1-3H3,(H,15,17)(H,18,19). The minimum atomic E-state index is -5.15. The average molecular weight is 294 g/mol. The first-order valence-electron chi connectivity index (χ1n) is 5.62. The number of rotatable bonds is 4. The lowest BCUT2D eigenvalue weighted by Gasteiger charge is -2.28. The molecule has 0 spiro atoms. The quantitative estimate of drug-likeness (QED) is 0.881. The van der Waals surface area contributed by atoms with Crippen LogP contribution >= 0.6 is 0 Å². The van der Waals surface area contributed by atoms with E-state index in [1.807, 2.05) is 0 Å². The van der Waals surface area contributed by atoms with Gasteiger partial charge in [-0.3, -0.25) is 4.79 Å². The first-order valence-corrected chi connectivity index (χ1v) is 5.62. The van der Waals surface area contributed by atoms with E-state index in [1.165, 1.54) is 12.2 Å². The number of hydrogen-bond acceptors (Lipinski definition) is 4. The molecule has 20 heavy (non-hydrogen) atoms. The lowest BCUT2D eigenvalue weighted by Crippen LogP contribution is -2.62. The van der Waals surface area contributed by atoms with Crippen LogP contribution in [0.15, 0.2) is 4.52 Å². The van der Waals surface area contributed by atoms with Gasteiger partial charge in [-0.15, -0.1) is 0 Å². The summed E-state index contributed by atoms with van der Waals surface area (Å²) in [6.07, 6.45) is -4.89. The topological polar surface area (TPSA) is 92.4 Å². The van der Waals surface area contributed by atoms with Crippen molar-refractivity contribution in [1.29, 1.82) is 0 Å². The molecule has 0 saturated carbocycles. The average Bonchev–Trinajstić information content (AvgIpc) is 2.68. The summed E-state index contributed by atoms with van der Waals surface area (Å²) >= 11 is 0. The van der Waals surface area contributed by atoms with E-state index in [9.17, 15) is 22.8 Å². The number of hydrogen-bond donors (Lipinski definition) is 2. The molecule has 0 aliphatic rings. The van der Waals surface area contributed by atoms with Crippen LogP contribution < -0.4 is 5.32 Å². The van der Waals surface area contributed by atoms with Crippen molar-refractivity contribution < 1.29 is 32.4 Å². The minimum absolute atomic E-state index is 0.0225. The molecule has 6 nitrogen and oxygen atoms in total. The van der Waals surface area contributed by atoms with Crippen LogP contribution in [0.1, 0.15) is 35.7 Å². The number of aliphatic carboxylic acids is 1. The molecule has 112 valence electrons. The summed E-state index contributed by atoms with van der Waals surface area (Å²) in [6.45, 7) is 3.36. The number of nitrogens with one attached hydrogen (secondary N) is 1. The largest absolute Gasteiger partial charge is 0.479 e. The predicted octanol–water partition coefficient (Wildman–Crippen LogP) is 1.68. The molecular formula is C11H13F3N2O4. The predicted molar refractivity (Wildman–Crippen MR) is 60.2 cm³/mol.